The molecular formula is C15H13N2O+. The van der Waals surface area contributed by atoms with Crippen LogP contribution in [0.4, 0.5) is 5.69 Å². The molecule has 3 rings (SSSR count). The zero-order chi connectivity index (χ0) is 12.4. The molecule has 1 unspecified atom stereocenters. The monoisotopic (exact) mass is 237 g/mol. The summed E-state index contributed by atoms with van der Waals surface area (Å²) in [7, 11) is 0. The van der Waals surface area contributed by atoms with Gasteiger partial charge in [-0.15, -0.1) is 0 Å². The molecule has 88 valence electrons. The summed E-state index contributed by atoms with van der Waals surface area (Å²) < 4.78 is 0. The van der Waals surface area contributed by atoms with Crippen LogP contribution < -0.4 is 20.9 Å². The largest absolute Gasteiger partial charge is 0.320 e. The SMILES string of the molecule is O=C(Nc1ccccc1)C1C=c2ccccc2=[NH+]1. The quantitative estimate of drug-likeness (QED) is 0.705. The van der Waals surface area contributed by atoms with Crippen molar-refractivity contribution in [1.29, 1.82) is 0 Å². The number of rotatable bonds is 2. The average molecular weight is 237 g/mol. The van der Waals surface area contributed by atoms with E-state index in [9.17, 15) is 4.79 Å². The molecule has 3 nitrogen and oxygen atoms in total. The molecule has 2 N–H and O–H groups in total. The van der Waals surface area contributed by atoms with E-state index in [0.717, 1.165) is 16.3 Å². The number of anilines is 1. The molecule has 3 heteroatoms. The minimum Gasteiger partial charge on any atom is -0.320 e. The van der Waals surface area contributed by atoms with Crippen LogP contribution in [0.1, 0.15) is 0 Å². The first kappa shape index (κ1) is 10.7. The van der Waals surface area contributed by atoms with E-state index >= 15 is 0 Å². The lowest BCUT2D eigenvalue weighted by Crippen LogP contribution is -2.83. The molecule has 0 radical (unpaired) electrons. The molecule has 0 bridgehead atoms. The molecule has 18 heavy (non-hydrogen) atoms. The second-order valence-electron chi connectivity index (χ2n) is 4.23. The summed E-state index contributed by atoms with van der Waals surface area (Å²) in [6, 6.07) is 17.1. The first-order valence-corrected chi connectivity index (χ1v) is 5.89. The van der Waals surface area contributed by atoms with Gasteiger partial charge < -0.3 is 5.32 Å². The normalized spacial score (nSPS) is 16.3. The Balaban J connectivity index is 1.82. The van der Waals surface area contributed by atoms with Gasteiger partial charge in [0.15, 0.2) is 0 Å². The Labute approximate surface area is 104 Å². The van der Waals surface area contributed by atoms with Gasteiger partial charge in [0, 0.05) is 23.0 Å². The highest BCUT2D eigenvalue weighted by Crippen LogP contribution is 2.04. The Morgan fingerprint density at radius 1 is 1.00 bits per heavy atom. The van der Waals surface area contributed by atoms with E-state index in [2.05, 4.69) is 10.3 Å². The Hall–Kier alpha value is -2.42. The number of para-hydroxylation sites is 2. The second kappa shape index (κ2) is 4.45. The number of hydrogen-bond donors (Lipinski definition) is 2. The lowest BCUT2D eigenvalue weighted by atomic mass is 10.2. The lowest BCUT2D eigenvalue weighted by Gasteiger charge is -2.03. The van der Waals surface area contributed by atoms with Gasteiger partial charge >= 0.3 is 0 Å². The summed E-state index contributed by atoms with van der Waals surface area (Å²) in [5.41, 5.74) is 0.814. The Morgan fingerprint density at radius 3 is 2.50 bits per heavy atom. The van der Waals surface area contributed by atoms with Crippen LogP contribution >= 0.6 is 0 Å². The number of hydrogen-bond acceptors (Lipinski definition) is 1. The third kappa shape index (κ3) is 2.02. The van der Waals surface area contributed by atoms with Crippen molar-refractivity contribution >= 4 is 17.7 Å². The van der Waals surface area contributed by atoms with Gasteiger partial charge in [-0.25, -0.2) is 4.99 Å². The molecular weight excluding hydrogens is 224 g/mol. The van der Waals surface area contributed by atoms with E-state index in [1.54, 1.807) is 0 Å². The van der Waals surface area contributed by atoms with Crippen molar-refractivity contribution in [3.8, 4) is 0 Å². The third-order valence-electron chi connectivity index (χ3n) is 2.94. The van der Waals surface area contributed by atoms with Gasteiger partial charge in [0.2, 0.25) is 11.4 Å². The van der Waals surface area contributed by atoms with E-state index in [1.165, 1.54) is 0 Å². The van der Waals surface area contributed by atoms with Crippen LogP contribution in [0, 0.1) is 0 Å². The van der Waals surface area contributed by atoms with Crippen molar-refractivity contribution in [3.05, 3.63) is 65.2 Å². The average Bonchev–Trinajstić information content (AvgIpc) is 2.84. The van der Waals surface area contributed by atoms with Crippen LogP contribution in [0.15, 0.2) is 54.6 Å². The summed E-state index contributed by atoms with van der Waals surface area (Å²) in [5, 5.41) is 4.97. The second-order valence-corrected chi connectivity index (χ2v) is 4.23. The van der Waals surface area contributed by atoms with Gasteiger partial charge in [0.05, 0.1) is 0 Å². The number of carbonyl (C=O) groups is 1. The molecule has 2 aromatic rings. The molecule has 0 aromatic heterocycles. The van der Waals surface area contributed by atoms with Crippen molar-refractivity contribution < 1.29 is 9.79 Å². The van der Waals surface area contributed by atoms with Crippen LogP contribution in [-0.4, -0.2) is 11.9 Å². The van der Waals surface area contributed by atoms with Gasteiger partial charge in [-0.3, -0.25) is 4.79 Å². The molecule has 0 saturated heterocycles. The molecule has 1 atom stereocenters. The fourth-order valence-corrected chi connectivity index (χ4v) is 2.05. The number of carbonyl (C=O) groups excluding carboxylic acids is 1. The van der Waals surface area contributed by atoms with E-state index < -0.39 is 0 Å². The van der Waals surface area contributed by atoms with E-state index in [-0.39, 0.29) is 11.9 Å². The molecule has 1 aliphatic rings. The van der Waals surface area contributed by atoms with Crippen molar-refractivity contribution in [1.82, 2.24) is 0 Å². The number of amides is 1. The topological polar surface area (TPSA) is 43.1 Å². The van der Waals surface area contributed by atoms with Crippen LogP contribution in [0.5, 0.6) is 0 Å². The molecule has 1 amide bonds. The summed E-state index contributed by atoms with van der Waals surface area (Å²) >= 11 is 0. The minimum atomic E-state index is -0.303. The highest BCUT2D eigenvalue weighted by molar-refractivity contribution is 5.97. The Kier molecular flexibility index (Phi) is 2.65. The fourth-order valence-electron chi connectivity index (χ4n) is 2.05. The first-order valence-electron chi connectivity index (χ1n) is 5.89. The van der Waals surface area contributed by atoms with Crippen LogP contribution in [0.3, 0.4) is 0 Å². The predicted molar refractivity (Wildman–Crippen MR) is 69.1 cm³/mol. The van der Waals surface area contributed by atoms with E-state index in [1.807, 2.05) is 60.7 Å². The Morgan fingerprint density at radius 2 is 1.72 bits per heavy atom. The van der Waals surface area contributed by atoms with Gasteiger partial charge in [-0.05, 0) is 18.2 Å². The highest BCUT2D eigenvalue weighted by atomic mass is 16.2. The van der Waals surface area contributed by atoms with E-state index in [4.69, 9.17) is 0 Å². The summed E-state index contributed by atoms with van der Waals surface area (Å²) in [5.74, 6) is -0.0441. The highest BCUT2D eigenvalue weighted by Gasteiger charge is 2.23. The number of nitrogens with one attached hydrogen (secondary N) is 2. The van der Waals surface area contributed by atoms with Crippen molar-refractivity contribution in [2.45, 2.75) is 6.04 Å². The standard InChI is InChI=1S/C15H12N2O/c18-15(16-12-7-2-1-3-8-12)14-10-11-6-4-5-9-13(11)17-14/h1-10,14H,(H,16,18)/p+1. The molecule has 1 aliphatic heterocycles. The summed E-state index contributed by atoms with van der Waals surface area (Å²) in [6.07, 6.45) is 1.94. The molecule has 0 saturated carbocycles. The van der Waals surface area contributed by atoms with Crippen molar-refractivity contribution in [2.75, 3.05) is 5.32 Å². The summed E-state index contributed by atoms with van der Waals surface area (Å²) in [6.45, 7) is 0. The van der Waals surface area contributed by atoms with Crippen LogP contribution in [-0.2, 0) is 4.79 Å². The van der Waals surface area contributed by atoms with Crippen LogP contribution in [0.25, 0.3) is 6.08 Å². The van der Waals surface area contributed by atoms with Crippen molar-refractivity contribution in [2.24, 2.45) is 0 Å². The zero-order valence-corrected chi connectivity index (χ0v) is 9.76. The third-order valence-corrected chi connectivity index (χ3v) is 2.94. The maximum Gasteiger partial charge on any atom is 0.297 e. The fraction of sp³-hybridized carbons (Fsp3) is 0.0667. The summed E-state index contributed by atoms with van der Waals surface area (Å²) in [4.78, 5) is 15.3. The van der Waals surface area contributed by atoms with Gasteiger partial charge in [-0.2, -0.15) is 0 Å². The van der Waals surface area contributed by atoms with Crippen LogP contribution in [0.2, 0.25) is 0 Å². The first-order chi connectivity index (χ1) is 8.83. The maximum absolute atomic E-state index is 12.1. The molecule has 0 fully saturated rings. The zero-order valence-electron chi connectivity index (χ0n) is 9.76. The van der Waals surface area contributed by atoms with Gasteiger partial charge in [0.25, 0.3) is 5.91 Å². The van der Waals surface area contributed by atoms with E-state index in [0.29, 0.717) is 0 Å². The lowest BCUT2D eigenvalue weighted by molar-refractivity contribution is -0.506. The minimum absolute atomic E-state index is 0.0441. The van der Waals surface area contributed by atoms with Gasteiger partial charge in [0.1, 0.15) is 0 Å². The molecule has 0 aliphatic carbocycles. The van der Waals surface area contributed by atoms with Gasteiger partial charge in [-0.1, -0.05) is 30.3 Å². The smallest absolute Gasteiger partial charge is 0.297 e. The predicted octanol–water partition coefficient (Wildman–Crippen LogP) is -0.812. The molecule has 0 spiro atoms. The molecule has 2 aromatic carbocycles. The Bertz CT molecular complexity index is 657. The maximum atomic E-state index is 12.1. The number of fused-ring (bicyclic) bond motifs is 1. The number of benzene rings is 2. The molecule has 1 heterocycles. The van der Waals surface area contributed by atoms with Crippen molar-refractivity contribution in [3.63, 3.8) is 0 Å².